The second-order valence-electron chi connectivity index (χ2n) is 4.66. The van der Waals surface area contributed by atoms with Crippen LogP contribution < -0.4 is 11.1 Å². The summed E-state index contributed by atoms with van der Waals surface area (Å²) in [6.45, 7) is 1.50. The van der Waals surface area contributed by atoms with Gasteiger partial charge in [-0.25, -0.2) is 12.7 Å². The highest BCUT2D eigenvalue weighted by molar-refractivity contribution is 7.89. The number of anilines is 2. The van der Waals surface area contributed by atoms with Crippen molar-refractivity contribution in [2.75, 3.05) is 45.4 Å². The van der Waals surface area contributed by atoms with Gasteiger partial charge in [-0.1, -0.05) is 0 Å². The molecule has 7 heteroatoms. The van der Waals surface area contributed by atoms with Crippen LogP contribution in [0.4, 0.5) is 11.4 Å². The van der Waals surface area contributed by atoms with E-state index in [-0.39, 0.29) is 4.90 Å². The van der Waals surface area contributed by atoms with E-state index in [1.165, 1.54) is 24.5 Å². The maximum absolute atomic E-state index is 12.0. The molecule has 0 atom stereocenters. The molecule has 20 heavy (non-hydrogen) atoms. The van der Waals surface area contributed by atoms with E-state index in [1.807, 2.05) is 0 Å². The minimum atomic E-state index is -3.44. The van der Waals surface area contributed by atoms with E-state index in [0.717, 1.165) is 31.7 Å². The third-order valence-electron chi connectivity index (χ3n) is 2.89. The number of benzene rings is 1. The van der Waals surface area contributed by atoms with Gasteiger partial charge in [-0.3, -0.25) is 0 Å². The molecule has 1 aromatic rings. The number of unbranched alkanes of at least 4 members (excludes halogenated alkanes) is 1. The molecule has 0 saturated heterocycles. The van der Waals surface area contributed by atoms with Crippen molar-refractivity contribution in [3.63, 3.8) is 0 Å². The number of nitrogen functional groups attached to an aromatic ring is 1. The van der Waals surface area contributed by atoms with Gasteiger partial charge in [-0.15, -0.1) is 0 Å². The molecule has 0 aliphatic carbocycles. The van der Waals surface area contributed by atoms with E-state index in [0.29, 0.717) is 5.69 Å². The highest BCUT2D eigenvalue weighted by Crippen LogP contribution is 2.23. The summed E-state index contributed by atoms with van der Waals surface area (Å²) in [6, 6.07) is 4.73. The number of hydrogen-bond donors (Lipinski definition) is 2. The van der Waals surface area contributed by atoms with E-state index in [4.69, 9.17) is 10.5 Å². The minimum Gasteiger partial charge on any atom is -0.397 e. The highest BCUT2D eigenvalue weighted by Gasteiger charge is 2.17. The first-order chi connectivity index (χ1) is 9.39. The molecule has 0 unspecified atom stereocenters. The number of hydrogen-bond acceptors (Lipinski definition) is 5. The Morgan fingerprint density at radius 1 is 1.30 bits per heavy atom. The lowest BCUT2D eigenvalue weighted by molar-refractivity contribution is 0.194. The van der Waals surface area contributed by atoms with E-state index in [2.05, 4.69) is 5.32 Å². The molecular weight excluding hydrogens is 278 g/mol. The molecule has 0 saturated carbocycles. The summed E-state index contributed by atoms with van der Waals surface area (Å²) in [5, 5.41) is 3.19. The molecule has 3 N–H and O–H groups in total. The fourth-order valence-electron chi connectivity index (χ4n) is 1.67. The average Bonchev–Trinajstić information content (AvgIpc) is 2.39. The standard InChI is InChI=1S/C13H23N3O3S/c1-16(2)20(17,18)11-6-7-13(12(14)10-11)15-8-4-5-9-19-3/h6-7,10,15H,4-5,8-9,14H2,1-3H3. The van der Waals surface area contributed by atoms with Crippen LogP contribution in [-0.2, 0) is 14.8 Å². The Morgan fingerprint density at radius 2 is 2.00 bits per heavy atom. The van der Waals surface area contributed by atoms with Gasteiger partial charge in [0, 0.05) is 34.4 Å². The molecule has 0 aliphatic heterocycles. The van der Waals surface area contributed by atoms with Crippen LogP contribution in [0.1, 0.15) is 12.8 Å². The molecule has 114 valence electrons. The predicted octanol–water partition coefficient (Wildman–Crippen LogP) is 1.36. The van der Waals surface area contributed by atoms with Crippen molar-refractivity contribution in [3.8, 4) is 0 Å². The fourth-order valence-corrected chi connectivity index (χ4v) is 2.61. The number of methoxy groups -OCH3 is 1. The second kappa shape index (κ2) is 7.47. The lowest BCUT2D eigenvalue weighted by Crippen LogP contribution is -2.22. The Hall–Kier alpha value is -1.31. The van der Waals surface area contributed by atoms with Gasteiger partial charge < -0.3 is 15.8 Å². The van der Waals surface area contributed by atoms with Crippen molar-refractivity contribution in [2.45, 2.75) is 17.7 Å². The maximum Gasteiger partial charge on any atom is 0.242 e. The van der Waals surface area contributed by atoms with Crippen molar-refractivity contribution >= 4 is 21.4 Å². The zero-order chi connectivity index (χ0) is 15.2. The quantitative estimate of drug-likeness (QED) is 0.559. The number of nitrogens with one attached hydrogen (secondary N) is 1. The van der Waals surface area contributed by atoms with E-state index >= 15 is 0 Å². The molecule has 0 amide bonds. The maximum atomic E-state index is 12.0. The Morgan fingerprint density at radius 3 is 2.55 bits per heavy atom. The van der Waals surface area contributed by atoms with Crippen LogP contribution in [0.3, 0.4) is 0 Å². The normalized spacial score (nSPS) is 11.8. The number of nitrogens with zero attached hydrogens (tertiary/aromatic N) is 1. The molecule has 0 fully saturated rings. The van der Waals surface area contributed by atoms with Gasteiger partial charge in [0.25, 0.3) is 0 Å². The van der Waals surface area contributed by atoms with Crippen molar-refractivity contribution in [2.24, 2.45) is 0 Å². The summed E-state index contributed by atoms with van der Waals surface area (Å²) in [6.07, 6.45) is 1.93. The molecule has 0 spiro atoms. The summed E-state index contributed by atoms with van der Waals surface area (Å²) >= 11 is 0. The van der Waals surface area contributed by atoms with Crippen LogP contribution in [0.2, 0.25) is 0 Å². The van der Waals surface area contributed by atoms with E-state index in [1.54, 1.807) is 19.2 Å². The summed E-state index contributed by atoms with van der Waals surface area (Å²) < 4.78 is 30.1. The molecule has 0 bridgehead atoms. The first kappa shape index (κ1) is 16.7. The number of rotatable bonds is 8. The van der Waals surface area contributed by atoms with Crippen molar-refractivity contribution in [1.82, 2.24) is 4.31 Å². The van der Waals surface area contributed by atoms with Crippen LogP contribution in [0.5, 0.6) is 0 Å². The van der Waals surface area contributed by atoms with Crippen LogP contribution in [0.15, 0.2) is 23.1 Å². The topological polar surface area (TPSA) is 84.7 Å². The molecule has 1 aromatic carbocycles. The third kappa shape index (κ3) is 4.36. The van der Waals surface area contributed by atoms with Crippen molar-refractivity contribution in [1.29, 1.82) is 0 Å². The highest BCUT2D eigenvalue weighted by atomic mass is 32.2. The van der Waals surface area contributed by atoms with Gasteiger partial charge in [-0.05, 0) is 31.0 Å². The Labute approximate surface area is 121 Å². The van der Waals surface area contributed by atoms with E-state index < -0.39 is 10.0 Å². The lowest BCUT2D eigenvalue weighted by Gasteiger charge is -2.14. The largest absolute Gasteiger partial charge is 0.397 e. The molecule has 0 radical (unpaired) electrons. The van der Waals surface area contributed by atoms with Crippen molar-refractivity contribution in [3.05, 3.63) is 18.2 Å². The smallest absolute Gasteiger partial charge is 0.242 e. The average molecular weight is 301 g/mol. The lowest BCUT2D eigenvalue weighted by atomic mass is 10.2. The van der Waals surface area contributed by atoms with Crippen LogP contribution in [0.25, 0.3) is 0 Å². The Bertz CT molecular complexity index is 530. The molecule has 0 aromatic heterocycles. The van der Waals surface area contributed by atoms with Crippen LogP contribution in [0, 0.1) is 0 Å². The van der Waals surface area contributed by atoms with Gasteiger partial charge in [0.15, 0.2) is 0 Å². The fraction of sp³-hybridized carbons (Fsp3) is 0.538. The van der Waals surface area contributed by atoms with Crippen LogP contribution in [-0.4, -0.2) is 47.1 Å². The van der Waals surface area contributed by atoms with Gasteiger partial charge in [-0.2, -0.15) is 0 Å². The summed E-state index contributed by atoms with van der Waals surface area (Å²) in [7, 11) is 1.22. The molecule has 0 heterocycles. The molecule has 6 nitrogen and oxygen atoms in total. The van der Waals surface area contributed by atoms with Crippen molar-refractivity contribution < 1.29 is 13.2 Å². The zero-order valence-electron chi connectivity index (χ0n) is 12.2. The molecular formula is C13H23N3O3S. The number of sulfonamides is 1. The van der Waals surface area contributed by atoms with Gasteiger partial charge in [0.1, 0.15) is 0 Å². The summed E-state index contributed by atoms with van der Waals surface area (Å²) in [5.74, 6) is 0. The molecule has 1 rings (SSSR count). The Balaban J connectivity index is 2.69. The van der Waals surface area contributed by atoms with Gasteiger partial charge >= 0.3 is 0 Å². The van der Waals surface area contributed by atoms with E-state index in [9.17, 15) is 8.42 Å². The van der Waals surface area contributed by atoms with Crippen LogP contribution >= 0.6 is 0 Å². The summed E-state index contributed by atoms with van der Waals surface area (Å²) in [4.78, 5) is 0.199. The first-order valence-corrected chi connectivity index (χ1v) is 7.88. The summed E-state index contributed by atoms with van der Waals surface area (Å²) in [5.41, 5.74) is 7.07. The van der Waals surface area contributed by atoms with Gasteiger partial charge in [0.05, 0.1) is 16.3 Å². The SMILES string of the molecule is COCCCCNc1ccc(S(=O)(=O)N(C)C)cc1N. The third-order valence-corrected chi connectivity index (χ3v) is 4.70. The minimum absolute atomic E-state index is 0.199. The molecule has 0 aliphatic rings. The number of nitrogens with two attached hydrogens (primary N) is 1. The van der Waals surface area contributed by atoms with Gasteiger partial charge in [0.2, 0.25) is 10.0 Å². The number of ether oxygens (including phenoxy) is 1. The monoisotopic (exact) mass is 301 g/mol. The predicted molar refractivity (Wildman–Crippen MR) is 81.3 cm³/mol. The second-order valence-corrected chi connectivity index (χ2v) is 6.82. The Kier molecular flexibility index (Phi) is 6.25. The first-order valence-electron chi connectivity index (χ1n) is 6.44. The zero-order valence-corrected chi connectivity index (χ0v) is 13.0.